The van der Waals surface area contributed by atoms with Crippen molar-refractivity contribution in [3.05, 3.63) is 73.6 Å². The molecular formula is C19H14Cl2N4O. The van der Waals surface area contributed by atoms with Gasteiger partial charge >= 0.3 is 0 Å². The summed E-state index contributed by atoms with van der Waals surface area (Å²) in [6, 6.07) is 14.0. The molecule has 130 valence electrons. The van der Waals surface area contributed by atoms with E-state index in [0.29, 0.717) is 5.82 Å². The molecule has 0 bridgehead atoms. The molecule has 0 spiro atoms. The highest BCUT2D eigenvalue weighted by Crippen LogP contribution is 2.24. The molecule has 3 aromatic heterocycles. The predicted octanol–water partition coefficient (Wildman–Crippen LogP) is 5.07. The normalized spacial score (nSPS) is 10.5. The molecule has 0 aliphatic heterocycles. The topological polar surface area (TPSA) is 56.7 Å². The third-order valence-electron chi connectivity index (χ3n) is 4.08. The number of rotatable bonds is 2. The van der Waals surface area contributed by atoms with Crippen molar-refractivity contribution < 1.29 is 4.42 Å². The minimum atomic E-state index is 0. The van der Waals surface area contributed by atoms with Gasteiger partial charge < -0.3 is 8.98 Å². The number of aromatic nitrogens is 4. The highest BCUT2D eigenvalue weighted by molar-refractivity contribution is 5.86. The monoisotopic (exact) mass is 384 g/mol. The fourth-order valence-corrected chi connectivity index (χ4v) is 2.84. The van der Waals surface area contributed by atoms with E-state index in [0.717, 1.165) is 33.1 Å². The van der Waals surface area contributed by atoms with Gasteiger partial charge in [-0.15, -0.1) is 24.8 Å². The van der Waals surface area contributed by atoms with Crippen LogP contribution in [0.5, 0.6) is 0 Å². The SMILES string of the molecule is Cl.Cl.c1cn(-c2ccc3nc(-c4ccc5occc5c4)ncc3c2)cn1. The van der Waals surface area contributed by atoms with E-state index in [1.165, 1.54) is 0 Å². The number of halogens is 2. The molecule has 5 nitrogen and oxygen atoms in total. The number of furan rings is 1. The van der Waals surface area contributed by atoms with E-state index in [1.54, 1.807) is 18.8 Å². The highest BCUT2D eigenvalue weighted by atomic mass is 35.5. The Morgan fingerprint density at radius 2 is 1.85 bits per heavy atom. The van der Waals surface area contributed by atoms with Crippen LogP contribution in [0, 0.1) is 0 Å². The fraction of sp³-hybridized carbons (Fsp3) is 0. The minimum Gasteiger partial charge on any atom is -0.464 e. The van der Waals surface area contributed by atoms with Crippen LogP contribution in [0.15, 0.2) is 78.1 Å². The molecule has 26 heavy (non-hydrogen) atoms. The third-order valence-corrected chi connectivity index (χ3v) is 4.08. The van der Waals surface area contributed by atoms with Crippen LogP contribution in [0.25, 0.3) is 38.9 Å². The maximum Gasteiger partial charge on any atom is 0.159 e. The minimum absolute atomic E-state index is 0. The summed E-state index contributed by atoms with van der Waals surface area (Å²) in [7, 11) is 0. The molecule has 0 saturated carbocycles. The number of imidazole rings is 1. The second-order valence-corrected chi connectivity index (χ2v) is 5.58. The molecule has 0 N–H and O–H groups in total. The lowest BCUT2D eigenvalue weighted by Gasteiger charge is -2.06. The van der Waals surface area contributed by atoms with Gasteiger partial charge in [0.2, 0.25) is 0 Å². The van der Waals surface area contributed by atoms with Crippen LogP contribution in [0.1, 0.15) is 0 Å². The summed E-state index contributed by atoms with van der Waals surface area (Å²) in [6.07, 6.45) is 8.99. The second kappa shape index (κ2) is 7.15. The maximum atomic E-state index is 5.38. The van der Waals surface area contributed by atoms with Crippen molar-refractivity contribution in [2.75, 3.05) is 0 Å². The summed E-state index contributed by atoms with van der Waals surface area (Å²) >= 11 is 0. The van der Waals surface area contributed by atoms with Gasteiger partial charge in [0.05, 0.1) is 18.1 Å². The van der Waals surface area contributed by atoms with E-state index in [1.807, 2.05) is 53.4 Å². The van der Waals surface area contributed by atoms with Crippen molar-refractivity contribution in [3.8, 4) is 17.1 Å². The molecule has 0 saturated heterocycles. The third kappa shape index (κ3) is 3.03. The lowest BCUT2D eigenvalue weighted by atomic mass is 10.1. The Morgan fingerprint density at radius 3 is 2.69 bits per heavy atom. The number of hydrogen-bond acceptors (Lipinski definition) is 4. The van der Waals surface area contributed by atoms with Gasteiger partial charge in [0, 0.05) is 40.6 Å². The molecule has 0 radical (unpaired) electrons. The number of fused-ring (bicyclic) bond motifs is 2. The van der Waals surface area contributed by atoms with Crippen molar-refractivity contribution in [2.45, 2.75) is 0 Å². The first-order valence-electron chi connectivity index (χ1n) is 7.60. The van der Waals surface area contributed by atoms with Crippen LogP contribution < -0.4 is 0 Å². The predicted molar refractivity (Wildman–Crippen MR) is 106 cm³/mol. The molecule has 0 unspecified atom stereocenters. The Labute approximate surface area is 161 Å². The van der Waals surface area contributed by atoms with Gasteiger partial charge in [0.15, 0.2) is 5.82 Å². The first kappa shape index (κ1) is 17.9. The number of benzene rings is 2. The summed E-state index contributed by atoms with van der Waals surface area (Å²) < 4.78 is 7.34. The largest absolute Gasteiger partial charge is 0.464 e. The van der Waals surface area contributed by atoms with E-state index in [4.69, 9.17) is 9.40 Å². The van der Waals surface area contributed by atoms with E-state index >= 15 is 0 Å². The van der Waals surface area contributed by atoms with E-state index in [2.05, 4.69) is 16.0 Å². The molecule has 0 aliphatic rings. The van der Waals surface area contributed by atoms with Gasteiger partial charge in [-0.2, -0.15) is 0 Å². The molecule has 0 fully saturated rings. The van der Waals surface area contributed by atoms with Crippen LogP contribution >= 0.6 is 24.8 Å². The zero-order valence-corrected chi connectivity index (χ0v) is 15.1. The Morgan fingerprint density at radius 1 is 0.923 bits per heavy atom. The molecule has 0 aliphatic carbocycles. The fourth-order valence-electron chi connectivity index (χ4n) is 2.84. The van der Waals surface area contributed by atoms with Gasteiger partial charge in [-0.25, -0.2) is 15.0 Å². The maximum absolute atomic E-state index is 5.38. The summed E-state index contributed by atoms with van der Waals surface area (Å²) in [5.41, 5.74) is 3.79. The molecular weight excluding hydrogens is 371 g/mol. The molecule has 3 heterocycles. The van der Waals surface area contributed by atoms with Crippen molar-refractivity contribution >= 4 is 46.7 Å². The van der Waals surface area contributed by atoms with Crippen LogP contribution in [0.2, 0.25) is 0 Å². The first-order valence-corrected chi connectivity index (χ1v) is 7.60. The summed E-state index contributed by atoms with van der Waals surface area (Å²) in [6.45, 7) is 0. The average molecular weight is 385 g/mol. The molecule has 5 aromatic rings. The molecule has 2 aromatic carbocycles. The summed E-state index contributed by atoms with van der Waals surface area (Å²) in [5, 5.41) is 2.04. The standard InChI is InChI=1S/C19H12N4O.2ClH/c1-4-18-13(5-8-24-18)9-14(1)19-21-11-15-10-16(2-3-17(15)22-19)23-7-6-20-12-23;;/h1-12H;2*1H. The quantitative estimate of drug-likeness (QED) is 0.426. The van der Waals surface area contributed by atoms with E-state index in [9.17, 15) is 0 Å². The lowest BCUT2D eigenvalue weighted by Crippen LogP contribution is -1.93. The Bertz CT molecular complexity index is 1170. The first-order chi connectivity index (χ1) is 11.9. The van der Waals surface area contributed by atoms with Crippen molar-refractivity contribution in [3.63, 3.8) is 0 Å². The average Bonchev–Trinajstić information content (AvgIpc) is 3.31. The van der Waals surface area contributed by atoms with Crippen molar-refractivity contribution in [1.29, 1.82) is 0 Å². The zero-order chi connectivity index (χ0) is 15.9. The van der Waals surface area contributed by atoms with Crippen LogP contribution in [0.3, 0.4) is 0 Å². The van der Waals surface area contributed by atoms with Crippen molar-refractivity contribution in [2.24, 2.45) is 0 Å². The molecule has 7 heteroatoms. The summed E-state index contributed by atoms with van der Waals surface area (Å²) in [4.78, 5) is 13.3. The Balaban J connectivity index is 0.000000980. The van der Waals surface area contributed by atoms with Gasteiger partial charge in [-0.05, 0) is 42.5 Å². The van der Waals surface area contributed by atoms with Crippen molar-refractivity contribution in [1.82, 2.24) is 19.5 Å². The van der Waals surface area contributed by atoms with Crippen LogP contribution in [-0.2, 0) is 0 Å². The summed E-state index contributed by atoms with van der Waals surface area (Å²) in [5.74, 6) is 0.709. The smallest absolute Gasteiger partial charge is 0.159 e. The van der Waals surface area contributed by atoms with Crippen LogP contribution in [-0.4, -0.2) is 19.5 Å². The Kier molecular flexibility index (Phi) is 4.93. The highest BCUT2D eigenvalue weighted by Gasteiger charge is 2.06. The molecule has 0 atom stereocenters. The zero-order valence-electron chi connectivity index (χ0n) is 13.4. The van der Waals surface area contributed by atoms with Gasteiger partial charge in [-0.1, -0.05) is 0 Å². The van der Waals surface area contributed by atoms with E-state index in [-0.39, 0.29) is 24.8 Å². The van der Waals surface area contributed by atoms with Crippen LogP contribution in [0.4, 0.5) is 0 Å². The number of nitrogens with zero attached hydrogens (tertiary/aromatic N) is 4. The molecule has 0 amide bonds. The number of hydrogen-bond donors (Lipinski definition) is 0. The second-order valence-electron chi connectivity index (χ2n) is 5.58. The lowest BCUT2D eigenvalue weighted by molar-refractivity contribution is 0.616. The molecule has 5 rings (SSSR count). The van der Waals surface area contributed by atoms with E-state index < -0.39 is 0 Å². The van der Waals surface area contributed by atoms with Gasteiger partial charge in [0.25, 0.3) is 0 Å². The Hall–Kier alpha value is -2.89. The van der Waals surface area contributed by atoms with Gasteiger partial charge in [0.1, 0.15) is 5.58 Å². The van der Waals surface area contributed by atoms with Gasteiger partial charge in [-0.3, -0.25) is 0 Å².